The molecule has 0 bridgehead atoms. The lowest BCUT2D eigenvalue weighted by Gasteiger charge is -2.04. The van der Waals surface area contributed by atoms with Crippen molar-refractivity contribution in [3.8, 4) is 0 Å². The zero-order valence-corrected chi connectivity index (χ0v) is 14.6. The molecule has 134 valence electrons. The first-order valence-corrected chi connectivity index (χ1v) is 8.81. The molecule has 0 fully saturated rings. The van der Waals surface area contributed by atoms with E-state index in [0.717, 1.165) is 15.2 Å². The van der Waals surface area contributed by atoms with Gasteiger partial charge in [0.15, 0.2) is 12.4 Å². The molecule has 2 aromatic heterocycles. The molecule has 0 aliphatic heterocycles. The summed E-state index contributed by atoms with van der Waals surface area (Å²) in [7, 11) is 0. The van der Waals surface area contributed by atoms with E-state index in [1.165, 1.54) is 18.4 Å². The Kier molecular flexibility index (Phi) is 5.75. The van der Waals surface area contributed by atoms with Crippen LogP contribution >= 0.6 is 11.3 Å². The van der Waals surface area contributed by atoms with Crippen LogP contribution in [0.5, 0.6) is 0 Å². The van der Waals surface area contributed by atoms with Crippen molar-refractivity contribution in [2.45, 2.75) is 19.3 Å². The fraction of sp³-hybridized carbons (Fsp3) is 0.222. The Hall–Kier alpha value is -3.00. The van der Waals surface area contributed by atoms with E-state index < -0.39 is 24.4 Å². The molecule has 1 N–H and O–H groups in total. The van der Waals surface area contributed by atoms with Crippen LogP contribution in [0, 0.1) is 0 Å². The predicted octanol–water partition coefficient (Wildman–Crippen LogP) is 2.71. The van der Waals surface area contributed by atoms with Crippen molar-refractivity contribution in [1.82, 2.24) is 10.3 Å². The van der Waals surface area contributed by atoms with Crippen molar-refractivity contribution < 1.29 is 23.5 Å². The van der Waals surface area contributed by atoms with Gasteiger partial charge in [0, 0.05) is 6.42 Å². The number of nitrogens with zero attached hydrogens (tertiary/aromatic N) is 1. The number of aryl methyl sites for hydroxylation is 1. The molecule has 0 radical (unpaired) electrons. The quantitative estimate of drug-likeness (QED) is 0.640. The number of fused-ring (bicyclic) bond motifs is 1. The number of hydrogen-bond acceptors (Lipinski definition) is 7. The van der Waals surface area contributed by atoms with Gasteiger partial charge in [-0.15, -0.1) is 11.3 Å². The Morgan fingerprint density at radius 2 is 2.00 bits per heavy atom. The maximum absolute atomic E-state index is 11.7. The summed E-state index contributed by atoms with van der Waals surface area (Å²) in [6.45, 7) is -0.508. The second kappa shape index (κ2) is 8.39. The van der Waals surface area contributed by atoms with Gasteiger partial charge in [0.1, 0.15) is 0 Å². The number of imide groups is 1. The van der Waals surface area contributed by atoms with E-state index >= 15 is 0 Å². The van der Waals surface area contributed by atoms with Gasteiger partial charge < -0.3 is 9.15 Å². The van der Waals surface area contributed by atoms with E-state index in [1.807, 2.05) is 24.3 Å². The molecule has 7 nitrogen and oxygen atoms in total. The number of esters is 1. The summed E-state index contributed by atoms with van der Waals surface area (Å²) in [5, 5.41) is 3.04. The normalized spacial score (nSPS) is 10.6. The second-order valence-corrected chi connectivity index (χ2v) is 6.56. The SMILES string of the molecule is O=C(COC(=O)CCCc1nc2ccccc2s1)NC(=O)c1ccco1. The smallest absolute Gasteiger partial charge is 0.306 e. The monoisotopic (exact) mass is 372 g/mol. The molecule has 0 aliphatic rings. The van der Waals surface area contributed by atoms with Crippen molar-refractivity contribution in [3.05, 3.63) is 53.4 Å². The van der Waals surface area contributed by atoms with Crippen molar-refractivity contribution in [2.75, 3.05) is 6.61 Å². The first-order chi connectivity index (χ1) is 12.6. The molecule has 8 heteroatoms. The van der Waals surface area contributed by atoms with E-state index in [9.17, 15) is 14.4 Å². The number of para-hydroxylation sites is 1. The summed E-state index contributed by atoms with van der Waals surface area (Å²) in [6.07, 6.45) is 2.74. The summed E-state index contributed by atoms with van der Waals surface area (Å²) in [5.41, 5.74) is 0.952. The number of nitrogens with one attached hydrogen (secondary N) is 1. The lowest BCUT2D eigenvalue weighted by molar-refractivity contribution is -0.148. The standard InChI is InChI=1S/C18H16N2O5S/c21-15(20-18(23)13-6-4-10-24-13)11-25-17(22)9-3-8-16-19-12-5-1-2-7-14(12)26-16/h1-2,4-7,10H,3,8-9,11H2,(H,20,21,23). The Labute approximate surface area is 153 Å². The molecule has 26 heavy (non-hydrogen) atoms. The van der Waals surface area contributed by atoms with E-state index in [-0.39, 0.29) is 12.2 Å². The van der Waals surface area contributed by atoms with Crippen molar-refractivity contribution in [2.24, 2.45) is 0 Å². The average molecular weight is 372 g/mol. The van der Waals surface area contributed by atoms with E-state index in [2.05, 4.69) is 10.3 Å². The summed E-state index contributed by atoms with van der Waals surface area (Å²) < 4.78 is 10.8. The topological polar surface area (TPSA) is 98.5 Å². The van der Waals surface area contributed by atoms with Crippen molar-refractivity contribution in [1.29, 1.82) is 0 Å². The van der Waals surface area contributed by atoms with Gasteiger partial charge in [-0.25, -0.2) is 4.98 Å². The van der Waals surface area contributed by atoms with Crippen LogP contribution in [0.25, 0.3) is 10.2 Å². The number of thiazole rings is 1. The molecule has 2 heterocycles. The number of carbonyl (C=O) groups is 3. The van der Waals surface area contributed by atoms with Crippen molar-refractivity contribution in [3.63, 3.8) is 0 Å². The number of furan rings is 1. The number of rotatable bonds is 7. The fourth-order valence-electron chi connectivity index (χ4n) is 2.26. The molecule has 0 atom stereocenters. The lowest BCUT2D eigenvalue weighted by Crippen LogP contribution is -2.33. The zero-order valence-electron chi connectivity index (χ0n) is 13.8. The third-order valence-electron chi connectivity index (χ3n) is 3.47. The van der Waals surface area contributed by atoms with Gasteiger partial charge in [0.2, 0.25) is 0 Å². The van der Waals surface area contributed by atoms with Crippen LogP contribution in [-0.2, 0) is 20.7 Å². The van der Waals surface area contributed by atoms with Gasteiger partial charge in [-0.1, -0.05) is 12.1 Å². The molecule has 3 aromatic rings. The minimum atomic E-state index is -0.703. The fourth-order valence-corrected chi connectivity index (χ4v) is 3.27. The third kappa shape index (κ3) is 4.76. The summed E-state index contributed by atoms with van der Waals surface area (Å²) in [4.78, 5) is 39.4. The predicted molar refractivity (Wildman–Crippen MR) is 94.7 cm³/mol. The van der Waals surface area contributed by atoms with Gasteiger partial charge in [-0.05, 0) is 37.1 Å². The minimum Gasteiger partial charge on any atom is -0.459 e. The van der Waals surface area contributed by atoms with Gasteiger partial charge >= 0.3 is 5.97 Å². The van der Waals surface area contributed by atoms with Crippen LogP contribution in [-0.4, -0.2) is 29.4 Å². The molecule has 0 spiro atoms. The van der Waals surface area contributed by atoms with Gasteiger partial charge in [-0.3, -0.25) is 19.7 Å². The molecular weight excluding hydrogens is 356 g/mol. The van der Waals surface area contributed by atoms with Gasteiger partial charge in [0.25, 0.3) is 11.8 Å². The molecule has 0 saturated carbocycles. The lowest BCUT2D eigenvalue weighted by atomic mass is 10.2. The Bertz CT molecular complexity index is 884. The van der Waals surface area contributed by atoms with Crippen LogP contribution in [0.15, 0.2) is 47.1 Å². The van der Waals surface area contributed by atoms with Gasteiger partial charge in [0.05, 0.1) is 21.5 Å². The summed E-state index contributed by atoms with van der Waals surface area (Å²) >= 11 is 1.60. The molecule has 0 unspecified atom stereocenters. The van der Waals surface area contributed by atoms with Gasteiger partial charge in [-0.2, -0.15) is 0 Å². The van der Waals surface area contributed by atoms with E-state index in [0.29, 0.717) is 12.8 Å². The first-order valence-electron chi connectivity index (χ1n) is 7.99. The van der Waals surface area contributed by atoms with Crippen LogP contribution in [0.3, 0.4) is 0 Å². The van der Waals surface area contributed by atoms with Crippen molar-refractivity contribution >= 4 is 39.3 Å². The Morgan fingerprint density at radius 3 is 2.77 bits per heavy atom. The highest BCUT2D eigenvalue weighted by Gasteiger charge is 2.14. The Balaban J connectivity index is 1.36. The number of amides is 2. The van der Waals surface area contributed by atoms with Crippen LogP contribution < -0.4 is 5.32 Å². The second-order valence-electron chi connectivity index (χ2n) is 5.44. The highest BCUT2D eigenvalue weighted by molar-refractivity contribution is 7.18. The van der Waals surface area contributed by atoms with Crippen LogP contribution in [0.4, 0.5) is 0 Å². The van der Waals surface area contributed by atoms with Crippen LogP contribution in [0.2, 0.25) is 0 Å². The minimum absolute atomic E-state index is 0.0144. The number of carbonyl (C=O) groups excluding carboxylic acids is 3. The third-order valence-corrected chi connectivity index (χ3v) is 4.57. The van der Waals surface area contributed by atoms with Crippen LogP contribution in [0.1, 0.15) is 28.4 Å². The maximum Gasteiger partial charge on any atom is 0.306 e. The highest BCUT2D eigenvalue weighted by Crippen LogP contribution is 2.22. The van der Waals surface area contributed by atoms with E-state index in [4.69, 9.17) is 9.15 Å². The maximum atomic E-state index is 11.7. The molecular formula is C18H16N2O5S. The molecule has 0 saturated heterocycles. The molecule has 1 aromatic carbocycles. The Morgan fingerprint density at radius 1 is 1.15 bits per heavy atom. The first kappa shape index (κ1) is 17.8. The summed E-state index contributed by atoms with van der Waals surface area (Å²) in [5.74, 6) is -1.86. The zero-order chi connectivity index (χ0) is 18.4. The molecule has 2 amide bonds. The largest absolute Gasteiger partial charge is 0.459 e. The number of hydrogen-bond donors (Lipinski definition) is 1. The number of benzene rings is 1. The average Bonchev–Trinajstić information content (AvgIpc) is 3.29. The summed E-state index contributed by atoms with van der Waals surface area (Å²) in [6, 6.07) is 10.8. The number of aromatic nitrogens is 1. The van der Waals surface area contributed by atoms with E-state index in [1.54, 1.807) is 11.3 Å². The number of ether oxygens (including phenoxy) is 1. The molecule has 0 aliphatic carbocycles. The highest BCUT2D eigenvalue weighted by atomic mass is 32.1. The molecule has 3 rings (SSSR count).